The van der Waals surface area contributed by atoms with Gasteiger partial charge < -0.3 is 20.1 Å². The molecule has 0 spiro atoms. The lowest BCUT2D eigenvalue weighted by molar-refractivity contribution is -0.134. The highest BCUT2D eigenvalue weighted by molar-refractivity contribution is 6.22. The summed E-state index contributed by atoms with van der Waals surface area (Å²) in [5.41, 5.74) is 1.11. The highest BCUT2D eigenvalue weighted by Crippen LogP contribution is 2.36. The van der Waals surface area contributed by atoms with Crippen molar-refractivity contribution in [2.45, 2.75) is 31.2 Å². The van der Waals surface area contributed by atoms with Gasteiger partial charge in [-0.3, -0.25) is 4.79 Å². The molecular formula is C15H16O5. The van der Waals surface area contributed by atoms with Gasteiger partial charge in [-0.05, 0) is 24.1 Å². The molecule has 5 heteroatoms. The summed E-state index contributed by atoms with van der Waals surface area (Å²) in [5.74, 6) is -0.382. The summed E-state index contributed by atoms with van der Waals surface area (Å²) in [6, 6.07) is 6.32. The molecule has 3 N–H and O–H groups in total. The minimum Gasteiger partial charge on any atom is -0.508 e. The second kappa shape index (κ2) is 4.92. The molecule has 1 aliphatic heterocycles. The first kappa shape index (κ1) is 13.1. The van der Waals surface area contributed by atoms with Crippen molar-refractivity contribution in [1.82, 2.24) is 0 Å². The Balaban J connectivity index is 1.88. The van der Waals surface area contributed by atoms with Crippen LogP contribution in [0, 0.1) is 5.92 Å². The molecule has 0 radical (unpaired) electrons. The van der Waals surface area contributed by atoms with Crippen LogP contribution in [0.3, 0.4) is 0 Å². The van der Waals surface area contributed by atoms with Gasteiger partial charge in [-0.25, -0.2) is 0 Å². The molecule has 4 atom stereocenters. The Hall–Kier alpha value is -1.85. The number of phenols is 1. The van der Waals surface area contributed by atoms with E-state index in [1.165, 1.54) is 18.4 Å². The summed E-state index contributed by atoms with van der Waals surface area (Å²) < 4.78 is 5.55. The summed E-state index contributed by atoms with van der Waals surface area (Å²) in [5, 5.41) is 28.6. The lowest BCUT2D eigenvalue weighted by atomic mass is 9.76. The van der Waals surface area contributed by atoms with Crippen molar-refractivity contribution in [2.75, 3.05) is 0 Å². The zero-order valence-electron chi connectivity index (χ0n) is 10.8. The van der Waals surface area contributed by atoms with Gasteiger partial charge in [0.05, 0.1) is 30.0 Å². The molecule has 5 nitrogen and oxygen atoms in total. The highest BCUT2D eigenvalue weighted by Gasteiger charge is 2.43. The second-order valence-electron chi connectivity index (χ2n) is 5.33. The van der Waals surface area contributed by atoms with Gasteiger partial charge in [0, 0.05) is 6.42 Å². The van der Waals surface area contributed by atoms with Crippen molar-refractivity contribution in [2.24, 2.45) is 5.92 Å². The molecule has 2 aliphatic rings. The van der Waals surface area contributed by atoms with Gasteiger partial charge in [-0.15, -0.1) is 0 Å². The van der Waals surface area contributed by atoms with Crippen molar-refractivity contribution < 1.29 is 24.9 Å². The fourth-order valence-corrected chi connectivity index (χ4v) is 2.82. The van der Waals surface area contributed by atoms with Gasteiger partial charge in [0.15, 0.2) is 5.78 Å². The summed E-state index contributed by atoms with van der Waals surface area (Å²) in [6.07, 6.45) is -0.213. The number of Topliss-reactive ketones (excluding diaryl/α,β-unsaturated/α-hetero) is 1. The summed E-state index contributed by atoms with van der Waals surface area (Å²) in [6.45, 7) is 0. The number of phenolic OH excluding ortho intramolecular Hbond substituents is 1. The number of ether oxygens (including phenoxy) is 1. The zero-order chi connectivity index (χ0) is 14.3. The maximum absolute atomic E-state index is 12.5. The number of rotatable bonds is 1. The standard InChI is InChI=1S/C15H16O5/c16-9-3-1-8(2-4-9)11-7-20-14-6-13(18)12(17)5-10(14)15(11)19/h1-4,7,10,12-14,16-18H,5-6H2. The predicted octanol–water partition coefficient (Wildman–Crippen LogP) is 0.833. The molecule has 0 amide bonds. The number of benzene rings is 1. The van der Waals surface area contributed by atoms with Crippen molar-refractivity contribution in [1.29, 1.82) is 0 Å². The van der Waals surface area contributed by atoms with E-state index in [-0.39, 0.29) is 30.5 Å². The topological polar surface area (TPSA) is 87.0 Å². The molecule has 1 aliphatic carbocycles. The van der Waals surface area contributed by atoms with Crippen molar-refractivity contribution >= 4 is 11.4 Å². The van der Waals surface area contributed by atoms with Gasteiger partial charge >= 0.3 is 0 Å². The Kier molecular flexibility index (Phi) is 3.23. The monoisotopic (exact) mass is 276 g/mol. The molecule has 1 fully saturated rings. The molecule has 4 unspecified atom stereocenters. The number of fused-ring (bicyclic) bond motifs is 1. The zero-order valence-corrected chi connectivity index (χ0v) is 10.8. The van der Waals surface area contributed by atoms with Gasteiger partial charge in [0.1, 0.15) is 11.9 Å². The quantitative estimate of drug-likeness (QED) is 0.707. The second-order valence-corrected chi connectivity index (χ2v) is 5.33. The number of carbonyl (C=O) groups excluding carboxylic acids is 1. The molecular weight excluding hydrogens is 260 g/mol. The maximum atomic E-state index is 12.5. The fourth-order valence-electron chi connectivity index (χ4n) is 2.82. The highest BCUT2D eigenvalue weighted by atomic mass is 16.5. The average molecular weight is 276 g/mol. The maximum Gasteiger partial charge on any atom is 0.173 e. The lowest BCUT2D eigenvalue weighted by Crippen LogP contribution is -2.47. The van der Waals surface area contributed by atoms with E-state index < -0.39 is 18.1 Å². The van der Waals surface area contributed by atoms with Crippen LogP contribution in [0.5, 0.6) is 5.75 Å². The van der Waals surface area contributed by atoms with E-state index in [0.717, 1.165) is 0 Å². The number of ketones is 1. The molecule has 0 bridgehead atoms. The minimum absolute atomic E-state index is 0.0853. The molecule has 1 aromatic rings. The Morgan fingerprint density at radius 1 is 1.05 bits per heavy atom. The predicted molar refractivity (Wildman–Crippen MR) is 70.7 cm³/mol. The molecule has 1 saturated carbocycles. The SMILES string of the molecule is O=C1C(c2ccc(O)cc2)=COC2CC(O)C(O)CC12. The Morgan fingerprint density at radius 2 is 1.70 bits per heavy atom. The first-order valence-electron chi connectivity index (χ1n) is 6.61. The van der Waals surface area contributed by atoms with Crippen molar-refractivity contribution in [3.8, 4) is 5.75 Å². The van der Waals surface area contributed by atoms with Crippen LogP contribution in [0.1, 0.15) is 18.4 Å². The first-order valence-corrected chi connectivity index (χ1v) is 6.61. The van der Waals surface area contributed by atoms with Crippen LogP contribution in [0.4, 0.5) is 0 Å². The van der Waals surface area contributed by atoms with E-state index in [1.54, 1.807) is 12.1 Å². The van der Waals surface area contributed by atoms with Crippen LogP contribution >= 0.6 is 0 Å². The largest absolute Gasteiger partial charge is 0.508 e. The molecule has 0 aromatic heterocycles. The summed E-state index contributed by atoms with van der Waals surface area (Å²) in [7, 11) is 0. The van der Waals surface area contributed by atoms with E-state index in [4.69, 9.17) is 4.74 Å². The number of aromatic hydroxyl groups is 1. The number of carbonyl (C=O) groups is 1. The van der Waals surface area contributed by atoms with Gasteiger partial charge in [0.2, 0.25) is 0 Å². The molecule has 106 valence electrons. The normalized spacial score (nSPS) is 33.1. The third kappa shape index (κ3) is 2.19. The van der Waals surface area contributed by atoms with Crippen LogP contribution < -0.4 is 0 Å². The smallest absolute Gasteiger partial charge is 0.173 e. The third-order valence-electron chi connectivity index (χ3n) is 4.00. The van der Waals surface area contributed by atoms with Crippen molar-refractivity contribution in [3.63, 3.8) is 0 Å². The molecule has 1 heterocycles. The van der Waals surface area contributed by atoms with Gasteiger partial charge in [-0.2, -0.15) is 0 Å². The number of aliphatic hydroxyl groups is 2. The lowest BCUT2D eigenvalue weighted by Gasteiger charge is -2.38. The molecule has 20 heavy (non-hydrogen) atoms. The summed E-state index contributed by atoms with van der Waals surface area (Å²) >= 11 is 0. The van der Waals surface area contributed by atoms with Crippen LogP contribution in [0.25, 0.3) is 5.57 Å². The Morgan fingerprint density at radius 3 is 2.40 bits per heavy atom. The van der Waals surface area contributed by atoms with E-state index in [2.05, 4.69) is 0 Å². The molecule has 1 aromatic carbocycles. The van der Waals surface area contributed by atoms with Crippen LogP contribution in [0.15, 0.2) is 30.5 Å². The van der Waals surface area contributed by atoms with E-state index >= 15 is 0 Å². The van der Waals surface area contributed by atoms with Crippen LogP contribution in [-0.4, -0.2) is 39.4 Å². The summed E-state index contributed by atoms with van der Waals surface area (Å²) in [4.78, 5) is 12.5. The first-order chi connectivity index (χ1) is 9.56. The van der Waals surface area contributed by atoms with Crippen molar-refractivity contribution in [3.05, 3.63) is 36.1 Å². The fraction of sp³-hybridized carbons (Fsp3) is 0.400. The van der Waals surface area contributed by atoms with E-state index in [0.29, 0.717) is 11.1 Å². The Bertz CT molecular complexity index is 548. The third-order valence-corrected chi connectivity index (χ3v) is 4.00. The van der Waals surface area contributed by atoms with E-state index in [1.807, 2.05) is 0 Å². The van der Waals surface area contributed by atoms with Gasteiger partial charge in [-0.1, -0.05) is 12.1 Å². The number of hydrogen-bond acceptors (Lipinski definition) is 5. The van der Waals surface area contributed by atoms with E-state index in [9.17, 15) is 20.1 Å². The van der Waals surface area contributed by atoms with Gasteiger partial charge in [0.25, 0.3) is 0 Å². The number of hydrogen-bond donors (Lipinski definition) is 3. The Labute approximate surface area is 116 Å². The average Bonchev–Trinajstić information content (AvgIpc) is 2.43. The molecule has 3 rings (SSSR count). The number of aliphatic hydroxyl groups excluding tert-OH is 2. The number of allylic oxidation sites excluding steroid dienone is 1. The van der Waals surface area contributed by atoms with Crippen LogP contribution in [-0.2, 0) is 9.53 Å². The minimum atomic E-state index is -0.886. The molecule has 0 saturated heterocycles. The van der Waals surface area contributed by atoms with Crippen LogP contribution in [0.2, 0.25) is 0 Å².